The molecule has 1 atom stereocenters. The third-order valence-electron chi connectivity index (χ3n) is 4.33. The van der Waals surface area contributed by atoms with Crippen LogP contribution in [0.15, 0.2) is 27.8 Å². The Bertz CT molecular complexity index is 536. The zero-order valence-corrected chi connectivity index (χ0v) is 15.6. The molecule has 1 aromatic rings. The van der Waals surface area contributed by atoms with Gasteiger partial charge in [0.05, 0.1) is 12.3 Å². The van der Waals surface area contributed by atoms with Crippen molar-refractivity contribution in [3.05, 3.63) is 24.2 Å². The standard InChI is InChI=1S/C18H31N5O2/c1-4-9-19-18(21-14-17(24)22(2)3)20-13-15(16-8-7-12-25-16)23-10-5-6-11-23/h7-8,12,15H,4-6,9-11,13-14H2,1-3H3,(H2,19,20,21). The third-order valence-corrected chi connectivity index (χ3v) is 4.33. The van der Waals surface area contributed by atoms with Gasteiger partial charge in [-0.15, -0.1) is 0 Å². The quantitative estimate of drug-likeness (QED) is 0.549. The van der Waals surface area contributed by atoms with Crippen molar-refractivity contribution in [3.8, 4) is 0 Å². The van der Waals surface area contributed by atoms with Crippen LogP contribution in [-0.2, 0) is 4.79 Å². The van der Waals surface area contributed by atoms with E-state index in [-0.39, 0.29) is 18.5 Å². The van der Waals surface area contributed by atoms with E-state index in [1.807, 2.05) is 12.1 Å². The number of hydrogen-bond acceptors (Lipinski definition) is 4. The van der Waals surface area contributed by atoms with Gasteiger partial charge in [-0.3, -0.25) is 9.69 Å². The summed E-state index contributed by atoms with van der Waals surface area (Å²) in [7, 11) is 3.48. The molecule has 2 heterocycles. The summed E-state index contributed by atoms with van der Waals surface area (Å²) in [5.74, 6) is 1.63. The Kier molecular flexibility index (Phi) is 7.78. The number of carbonyl (C=O) groups excluding carboxylic acids is 1. The first kappa shape index (κ1) is 19.3. The Hall–Kier alpha value is -2.02. The number of carbonyl (C=O) groups is 1. The van der Waals surface area contributed by atoms with Gasteiger partial charge in [-0.05, 0) is 44.5 Å². The van der Waals surface area contributed by atoms with Crippen molar-refractivity contribution >= 4 is 11.9 Å². The SMILES string of the molecule is CCCNC(=NCC(=O)N(C)C)NCC(c1ccco1)N1CCCC1. The van der Waals surface area contributed by atoms with Crippen LogP contribution in [0.3, 0.4) is 0 Å². The highest BCUT2D eigenvalue weighted by atomic mass is 16.3. The molecule has 140 valence electrons. The summed E-state index contributed by atoms with van der Waals surface area (Å²) in [5, 5.41) is 6.65. The number of hydrogen-bond donors (Lipinski definition) is 2. The fourth-order valence-electron chi connectivity index (χ4n) is 2.84. The number of nitrogens with zero attached hydrogens (tertiary/aromatic N) is 3. The number of likely N-dealkylation sites (N-methyl/N-ethyl adjacent to an activating group) is 1. The lowest BCUT2D eigenvalue weighted by molar-refractivity contribution is -0.127. The van der Waals surface area contributed by atoms with Crippen LogP contribution in [0.1, 0.15) is 38.0 Å². The second-order valence-corrected chi connectivity index (χ2v) is 6.53. The Morgan fingerprint density at radius 2 is 2.12 bits per heavy atom. The molecule has 1 saturated heterocycles. The van der Waals surface area contributed by atoms with Gasteiger partial charge in [-0.25, -0.2) is 4.99 Å². The van der Waals surface area contributed by atoms with Crippen molar-refractivity contribution in [3.63, 3.8) is 0 Å². The highest BCUT2D eigenvalue weighted by Crippen LogP contribution is 2.24. The Morgan fingerprint density at radius 1 is 1.36 bits per heavy atom. The molecule has 0 radical (unpaired) electrons. The van der Waals surface area contributed by atoms with E-state index in [0.29, 0.717) is 12.5 Å². The average Bonchev–Trinajstić information content (AvgIpc) is 3.30. The second kappa shape index (κ2) is 10.1. The molecule has 0 saturated carbocycles. The van der Waals surface area contributed by atoms with Gasteiger partial charge in [-0.1, -0.05) is 6.92 Å². The van der Waals surface area contributed by atoms with Crippen molar-refractivity contribution < 1.29 is 9.21 Å². The van der Waals surface area contributed by atoms with Gasteiger partial charge in [0.15, 0.2) is 5.96 Å². The lowest BCUT2D eigenvalue weighted by atomic mass is 10.2. The summed E-state index contributed by atoms with van der Waals surface area (Å²) in [4.78, 5) is 20.2. The fourth-order valence-corrected chi connectivity index (χ4v) is 2.84. The van der Waals surface area contributed by atoms with Gasteiger partial charge < -0.3 is 20.0 Å². The Balaban J connectivity index is 2.00. The molecule has 0 aromatic carbocycles. The topological polar surface area (TPSA) is 73.1 Å². The highest BCUT2D eigenvalue weighted by Gasteiger charge is 2.25. The fraction of sp³-hybridized carbons (Fsp3) is 0.667. The van der Waals surface area contributed by atoms with Crippen LogP contribution in [-0.4, -0.2) is 68.5 Å². The zero-order chi connectivity index (χ0) is 18.1. The highest BCUT2D eigenvalue weighted by molar-refractivity contribution is 5.84. The first-order valence-electron chi connectivity index (χ1n) is 9.11. The Labute approximate surface area is 150 Å². The van der Waals surface area contributed by atoms with E-state index in [2.05, 4.69) is 27.4 Å². The average molecular weight is 349 g/mol. The summed E-state index contributed by atoms with van der Waals surface area (Å²) in [6.07, 6.45) is 5.17. The predicted octanol–water partition coefficient (Wildman–Crippen LogP) is 1.45. The van der Waals surface area contributed by atoms with Crippen LogP contribution >= 0.6 is 0 Å². The van der Waals surface area contributed by atoms with E-state index in [1.54, 1.807) is 25.3 Å². The van der Waals surface area contributed by atoms with Gasteiger partial charge in [-0.2, -0.15) is 0 Å². The van der Waals surface area contributed by atoms with E-state index >= 15 is 0 Å². The van der Waals surface area contributed by atoms with Crippen LogP contribution in [0.25, 0.3) is 0 Å². The van der Waals surface area contributed by atoms with Crippen molar-refractivity contribution in [2.24, 2.45) is 4.99 Å². The summed E-state index contributed by atoms with van der Waals surface area (Å²) in [5.41, 5.74) is 0. The molecule has 1 fully saturated rings. The van der Waals surface area contributed by atoms with Crippen molar-refractivity contribution in [1.29, 1.82) is 0 Å². The summed E-state index contributed by atoms with van der Waals surface area (Å²) >= 11 is 0. The van der Waals surface area contributed by atoms with Gasteiger partial charge in [0.2, 0.25) is 5.91 Å². The molecule has 0 aliphatic carbocycles. The van der Waals surface area contributed by atoms with Gasteiger partial charge >= 0.3 is 0 Å². The molecule has 1 aromatic heterocycles. The largest absolute Gasteiger partial charge is 0.468 e. The lowest BCUT2D eigenvalue weighted by Crippen LogP contribution is -2.43. The third kappa shape index (κ3) is 6.08. The Morgan fingerprint density at radius 3 is 2.72 bits per heavy atom. The number of aliphatic imine (C=N–C) groups is 1. The summed E-state index contributed by atoms with van der Waals surface area (Å²) in [6, 6.07) is 4.13. The molecule has 1 unspecified atom stereocenters. The minimum atomic E-state index is -0.0141. The summed E-state index contributed by atoms with van der Waals surface area (Å²) in [6.45, 7) is 5.92. The molecule has 1 aliphatic heterocycles. The maximum Gasteiger partial charge on any atom is 0.243 e. The van der Waals surface area contributed by atoms with E-state index < -0.39 is 0 Å². The number of rotatable bonds is 8. The van der Waals surface area contributed by atoms with Crippen LogP contribution in [0.5, 0.6) is 0 Å². The number of furan rings is 1. The van der Waals surface area contributed by atoms with Crippen molar-refractivity contribution in [2.45, 2.75) is 32.2 Å². The number of nitrogens with one attached hydrogen (secondary N) is 2. The second-order valence-electron chi connectivity index (χ2n) is 6.53. The molecule has 2 N–H and O–H groups in total. The molecular weight excluding hydrogens is 318 g/mol. The van der Waals surface area contributed by atoms with Gasteiger partial charge in [0, 0.05) is 27.2 Å². The molecule has 1 amide bonds. The van der Waals surface area contributed by atoms with Crippen molar-refractivity contribution in [2.75, 3.05) is 46.8 Å². The maximum atomic E-state index is 11.8. The monoisotopic (exact) mass is 349 g/mol. The van der Waals surface area contributed by atoms with E-state index in [1.165, 1.54) is 12.8 Å². The first-order valence-corrected chi connectivity index (χ1v) is 9.11. The number of likely N-dealkylation sites (tertiary alicyclic amines) is 1. The van der Waals surface area contributed by atoms with Gasteiger partial charge in [0.25, 0.3) is 0 Å². The van der Waals surface area contributed by atoms with Crippen LogP contribution < -0.4 is 10.6 Å². The first-order chi connectivity index (χ1) is 12.1. The predicted molar refractivity (Wildman–Crippen MR) is 99.5 cm³/mol. The van der Waals surface area contributed by atoms with Crippen LogP contribution in [0.2, 0.25) is 0 Å². The number of guanidine groups is 1. The molecular formula is C18H31N5O2. The molecule has 0 spiro atoms. The minimum absolute atomic E-state index is 0.0141. The molecule has 7 nitrogen and oxygen atoms in total. The van der Waals surface area contributed by atoms with E-state index in [0.717, 1.165) is 31.8 Å². The maximum absolute atomic E-state index is 11.8. The van der Waals surface area contributed by atoms with E-state index in [9.17, 15) is 4.79 Å². The minimum Gasteiger partial charge on any atom is -0.468 e. The van der Waals surface area contributed by atoms with Gasteiger partial charge in [0.1, 0.15) is 12.3 Å². The number of amides is 1. The molecule has 1 aliphatic rings. The molecule has 0 bridgehead atoms. The van der Waals surface area contributed by atoms with E-state index in [4.69, 9.17) is 4.42 Å². The molecule has 7 heteroatoms. The van der Waals surface area contributed by atoms with Crippen LogP contribution in [0.4, 0.5) is 0 Å². The lowest BCUT2D eigenvalue weighted by Gasteiger charge is -2.26. The van der Waals surface area contributed by atoms with Crippen molar-refractivity contribution in [1.82, 2.24) is 20.4 Å². The molecule has 25 heavy (non-hydrogen) atoms. The smallest absolute Gasteiger partial charge is 0.243 e. The van der Waals surface area contributed by atoms with Crippen LogP contribution in [0, 0.1) is 0 Å². The normalized spacial score (nSPS) is 16.7. The zero-order valence-electron chi connectivity index (χ0n) is 15.6. The summed E-state index contributed by atoms with van der Waals surface area (Å²) < 4.78 is 5.65. The molecule has 2 rings (SSSR count).